The molecule has 1 fully saturated rings. The van der Waals surface area contributed by atoms with Gasteiger partial charge in [0.05, 0.1) is 18.7 Å². The molecule has 168 valence electrons. The first-order valence-electron chi connectivity index (χ1n) is 10.1. The summed E-state index contributed by atoms with van der Waals surface area (Å²) in [6.45, 7) is 2.85. The van der Waals surface area contributed by atoms with Gasteiger partial charge in [-0.15, -0.1) is 10.2 Å². The van der Waals surface area contributed by atoms with Crippen molar-refractivity contribution in [2.24, 2.45) is 0 Å². The molecule has 0 bridgehead atoms. The summed E-state index contributed by atoms with van der Waals surface area (Å²) in [6, 6.07) is 12.0. The van der Waals surface area contributed by atoms with E-state index < -0.39 is 12.1 Å². The number of carbonyl (C=O) groups is 1. The maximum atomic E-state index is 13.0. The largest absolute Gasteiger partial charge is 0.391 e. The Labute approximate surface area is 200 Å². The lowest BCUT2D eigenvalue weighted by molar-refractivity contribution is 0.169. The lowest BCUT2D eigenvalue weighted by Gasteiger charge is -2.25. The van der Waals surface area contributed by atoms with Crippen LogP contribution in [0.3, 0.4) is 0 Å². The second kappa shape index (κ2) is 9.67. The molecule has 1 unspecified atom stereocenters. The summed E-state index contributed by atoms with van der Waals surface area (Å²) in [7, 11) is 0. The average Bonchev–Trinajstić information content (AvgIpc) is 3.31. The molecule has 1 saturated heterocycles. The topological polar surface area (TPSA) is 83.3 Å². The van der Waals surface area contributed by atoms with Crippen molar-refractivity contribution in [3.8, 4) is 0 Å². The lowest BCUT2D eigenvalue weighted by atomic mass is 10.1. The third-order valence-electron chi connectivity index (χ3n) is 5.50. The van der Waals surface area contributed by atoms with Gasteiger partial charge in [0, 0.05) is 34.6 Å². The minimum absolute atomic E-state index is 0.206. The molecule has 0 aliphatic carbocycles. The van der Waals surface area contributed by atoms with Crippen LogP contribution in [-0.4, -0.2) is 43.5 Å². The number of urea groups is 1. The minimum atomic E-state index is -0.647. The average molecular weight is 495 g/mol. The predicted molar refractivity (Wildman–Crippen MR) is 124 cm³/mol. The third-order valence-corrected chi connectivity index (χ3v) is 6.34. The number of nitrogens with one attached hydrogen (secondary N) is 1. The number of β-amino-alcohol motifs (C(OH)–C–C–N with tert-alkyl or cyclic N) is 1. The molecule has 32 heavy (non-hydrogen) atoms. The van der Waals surface area contributed by atoms with Gasteiger partial charge in [-0.3, -0.25) is 0 Å². The SMILES string of the molecule is Cc1nnc(C2C[C@H](O)CN2C(=O)NCc2ccc(Cl)cc2Cl)n1Cc1ccc(Cl)cc1. The van der Waals surface area contributed by atoms with E-state index in [2.05, 4.69) is 15.5 Å². The fourth-order valence-corrected chi connectivity index (χ4v) is 4.43. The molecule has 2 atom stereocenters. The Morgan fingerprint density at radius 2 is 1.84 bits per heavy atom. The van der Waals surface area contributed by atoms with Crippen molar-refractivity contribution in [3.63, 3.8) is 0 Å². The third kappa shape index (κ3) is 5.02. The fourth-order valence-electron chi connectivity index (χ4n) is 3.83. The molecule has 0 radical (unpaired) electrons. The number of hydrogen-bond acceptors (Lipinski definition) is 4. The maximum Gasteiger partial charge on any atom is 0.318 e. The number of carbonyl (C=O) groups excluding carboxylic acids is 1. The highest BCUT2D eigenvalue weighted by atomic mass is 35.5. The number of hydrogen-bond donors (Lipinski definition) is 2. The van der Waals surface area contributed by atoms with Gasteiger partial charge in [-0.25, -0.2) is 4.79 Å². The van der Waals surface area contributed by atoms with Crippen LogP contribution < -0.4 is 5.32 Å². The Morgan fingerprint density at radius 1 is 1.12 bits per heavy atom. The predicted octanol–water partition coefficient (Wildman–Crippen LogP) is 4.61. The summed E-state index contributed by atoms with van der Waals surface area (Å²) in [4.78, 5) is 14.6. The van der Waals surface area contributed by atoms with Gasteiger partial charge >= 0.3 is 6.03 Å². The van der Waals surface area contributed by atoms with Gasteiger partial charge in [-0.2, -0.15) is 0 Å². The molecular weight excluding hydrogens is 473 g/mol. The van der Waals surface area contributed by atoms with Gasteiger partial charge in [0.2, 0.25) is 0 Å². The van der Waals surface area contributed by atoms with Gasteiger partial charge in [0.1, 0.15) is 5.82 Å². The summed E-state index contributed by atoms with van der Waals surface area (Å²) >= 11 is 18.1. The highest BCUT2D eigenvalue weighted by molar-refractivity contribution is 6.35. The summed E-state index contributed by atoms with van der Waals surface area (Å²) in [5, 5.41) is 23.4. The molecular formula is C22H22Cl3N5O2. The molecule has 1 aliphatic rings. The first-order chi connectivity index (χ1) is 15.3. The number of aryl methyl sites for hydroxylation is 1. The molecule has 1 aliphatic heterocycles. The molecule has 4 rings (SSSR count). The Morgan fingerprint density at radius 3 is 2.56 bits per heavy atom. The Kier molecular flexibility index (Phi) is 6.90. The van der Waals surface area contributed by atoms with Crippen molar-refractivity contribution in [1.82, 2.24) is 25.0 Å². The molecule has 2 heterocycles. The van der Waals surface area contributed by atoms with E-state index in [-0.39, 0.29) is 19.1 Å². The zero-order chi connectivity index (χ0) is 22.8. The fraction of sp³-hybridized carbons (Fsp3) is 0.318. The van der Waals surface area contributed by atoms with E-state index >= 15 is 0 Å². The van der Waals surface area contributed by atoms with E-state index in [1.807, 2.05) is 35.8 Å². The smallest absolute Gasteiger partial charge is 0.318 e. The molecule has 3 aromatic rings. The van der Waals surface area contributed by atoms with Crippen LogP contribution in [0.4, 0.5) is 4.79 Å². The van der Waals surface area contributed by atoms with Crippen LogP contribution in [0.25, 0.3) is 0 Å². The number of aliphatic hydroxyl groups is 1. The highest BCUT2D eigenvalue weighted by Crippen LogP contribution is 2.32. The molecule has 10 heteroatoms. The number of rotatable bonds is 5. The van der Waals surface area contributed by atoms with Crippen molar-refractivity contribution in [2.75, 3.05) is 6.54 Å². The zero-order valence-electron chi connectivity index (χ0n) is 17.3. The normalized spacial score (nSPS) is 18.2. The van der Waals surface area contributed by atoms with Gasteiger partial charge < -0.3 is 19.9 Å². The molecule has 0 spiro atoms. The number of aromatic nitrogens is 3. The number of benzene rings is 2. The Bertz CT molecular complexity index is 1120. The summed E-state index contributed by atoms with van der Waals surface area (Å²) in [5.74, 6) is 1.36. The number of aliphatic hydroxyl groups excluding tert-OH is 1. The first-order valence-corrected chi connectivity index (χ1v) is 11.3. The van der Waals surface area contributed by atoms with Crippen LogP contribution in [0.15, 0.2) is 42.5 Å². The van der Waals surface area contributed by atoms with Crippen molar-refractivity contribution in [2.45, 2.75) is 38.6 Å². The van der Waals surface area contributed by atoms with Crippen LogP contribution in [-0.2, 0) is 13.1 Å². The minimum Gasteiger partial charge on any atom is -0.391 e. The summed E-state index contributed by atoms with van der Waals surface area (Å²) in [6.07, 6.45) is -0.265. The van der Waals surface area contributed by atoms with Crippen molar-refractivity contribution in [1.29, 1.82) is 0 Å². The Balaban J connectivity index is 1.52. The van der Waals surface area contributed by atoms with Crippen LogP contribution in [0.5, 0.6) is 0 Å². The zero-order valence-corrected chi connectivity index (χ0v) is 19.6. The van der Waals surface area contributed by atoms with Crippen molar-refractivity contribution < 1.29 is 9.90 Å². The van der Waals surface area contributed by atoms with Crippen LogP contribution in [0.2, 0.25) is 15.1 Å². The summed E-state index contributed by atoms with van der Waals surface area (Å²) in [5.41, 5.74) is 1.79. The van der Waals surface area contributed by atoms with Gasteiger partial charge in [0.25, 0.3) is 0 Å². The van der Waals surface area contributed by atoms with E-state index in [4.69, 9.17) is 34.8 Å². The second-order valence-electron chi connectivity index (χ2n) is 7.77. The first kappa shape index (κ1) is 22.9. The maximum absolute atomic E-state index is 13.0. The van der Waals surface area contributed by atoms with Gasteiger partial charge in [-0.05, 0) is 42.3 Å². The molecule has 2 amide bonds. The Hall–Kier alpha value is -2.32. The van der Waals surface area contributed by atoms with Crippen molar-refractivity contribution in [3.05, 3.63) is 80.3 Å². The van der Waals surface area contributed by atoms with E-state index in [9.17, 15) is 9.90 Å². The standard InChI is InChI=1S/C22H22Cl3N5O2/c1-13-27-28-21(29(13)11-14-2-5-16(23)6-3-14)20-9-18(31)12-30(20)22(32)26-10-15-4-7-17(24)8-19(15)25/h2-8,18,20,31H,9-12H2,1H3,(H,26,32)/t18-,20?/m0/s1. The van der Waals surface area contributed by atoms with Crippen LogP contribution >= 0.6 is 34.8 Å². The quantitative estimate of drug-likeness (QED) is 0.542. The molecule has 7 nitrogen and oxygen atoms in total. The molecule has 0 saturated carbocycles. The monoisotopic (exact) mass is 493 g/mol. The van der Waals surface area contributed by atoms with Crippen molar-refractivity contribution >= 4 is 40.8 Å². The number of amides is 2. The molecule has 2 N–H and O–H groups in total. The van der Waals surface area contributed by atoms with Gasteiger partial charge in [0.15, 0.2) is 5.82 Å². The van der Waals surface area contributed by atoms with E-state index in [0.717, 1.165) is 17.0 Å². The second-order valence-corrected chi connectivity index (χ2v) is 9.05. The number of likely N-dealkylation sites (tertiary alicyclic amines) is 1. The van der Waals surface area contributed by atoms with E-state index in [0.29, 0.717) is 33.9 Å². The number of halogens is 3. The summed E-state index contributed by atoms with van der Waals surface area (Å²) < 4.78 is 1.96. The van der Waals surface area contributed by atoms with Crippen LogP contribution in [0.1, 0.15) is 35.2 Å². The van der Waals surface area contributed by atoms with Gasteiger partial charge in [-0.1, -0.05) is 53.0 Å². The number of nitrogens with zero attached hydrogens (tertiary/aromatic N) is 4. The van der Waals surface area contributed by atoms with Crippen LogP contribution in [0, 0.1) is 6.92 Å². The van der Waals surface area contributed by atoms with E-state index in [1.165, 1.54) is 0 Å². The van der Waals surface area contributed by atoms with E-state index in [1.54, 1.807) is 23.1 Å². The lowest BCUT2D eigenvalue weighted by Crippen LogP contribution is -2.40. The highest BCUT2D eigenvalue weighted by Gasteiger charge is 2.38. The molecule has 2 aromatic carbocycles. The molecule has 1 aromatic heterocycles.